The Bertz CT molecular complexity index is 904. The van der Waals surface area contributed by atoms with Gasteiger partial charge < -0.3 is 0 Å². The van der Waals surface area contributed by atoms with E-state index in [1.165, 1.54) is 36.4 Å². The summed E-state index contributed by atoms with van der Waals surface area (Å²) in [6, 6.07) is 9.98. The van der Waals surface area contributed by atoms with Crippen LogP contribution in [0.25, 0.3) is 0 Å². The van der Waals surface area contributed by atoms with Gasteiger partial charge in [0, 0.05) is 11.3 Å². The molecule has 0 heterocycles. The van der Waals surface area contributed by atoms with E-state index in [-0.39, 0.29) is 15.5 Å². The number of hydrogen-bond donors (Lipinski definition) is 1. The SMILES string of the molecule is Cc1ccc(S(C)(=O)=O)cc1NS(=O)(=O)c1ccc(Cl)cc1. The molecule has 1 N–H and O–H groups in total. The third kappa shape index (κ3) is 3.79. The van der Waals surface area contributed by atoms with Crippen molar-refractivity contribution in [3.05, 3.63) is 53.1 Å². The Kier molecular flexibility index (Phi) is 4.51. The van der Waals surface area contributed by atoms with E-state index in [0.717, 1.165) is 6.26 Å². The lowest BCUT2D eigenvalue weighted by Crippen LogP contribution is -2.14. The minimum absolute atomic E-state index is 0.0426. The maximum atomic E-state index is 12.3. The first-order valence-corrected chi connectivity index (χ1v) is 9.94. The van der Waals surface area contributed by atoms with E-state index in [9.17, 15) is 16.8 Å². The maximum absolute atomic E-state index is 12.3. The van der Waals surface area contributed by atoms with Crippen LogP contribution in [0.4, 0.5) is 5.69 Å². The summed E-state index contributed by atoms with van der Waals surface area (Å²) < 4.78 is 50.2. The van der Waals surface area contributed by atoms with Crippen LogP contribution in [-0.2, 0) is 19.9 Å². The summed E-state index contributed by atoms with van der Waals surface area (Å²) in [4.78, 5) is 0.0907. The van der Waals surface area contributed by atoms with Gasteiger partial charge in [-0.3, -0.25) is 4.72 Å². The highest BCUT2D eigenvalue weighted by molar-refractivity contribution is 7.92. The van der Waals surface area contributed by atoms with Crippen molar-refractivity contribution >= 4 is 37.1 Å². The van der Waals surface area contributed by atoms with Gasteiger partial charge in [-0.05, 0) is 48.9 Å². The Balaban J connectivity index is 2.43. The average molecular weight is 360 g/mol. The second-order valence-electron chi connectivity index (χ2n) is 4.81. The van der Waals surface area contributed by atoms with E-state index >= 15 is 0 Å². The molecular formula is C14H14ClNO4S2. The number of benzene rings is 2. The Morgan fingerprint density at radius 3 is 2.00 bits per heavy atom. The van der Waals surface area contributed by atoms with Crippen molar-refractivity contribution in [2.75, 3.05) is 11.0 Å². The predicted molar refractivity (Wildman–Crippen MR) is 86.5 cm³/mol. The fourth-order valence-corrected chi connectivity index (χ4v) is 3.65. The van der Waals surface area contributed by atoms with Crippen molar-refractivity contribution in [3.63, 3.8) is 0 Å². The minimum atomic E-state index is -3.82. The molecule has 0 spiro atoms. The zero-order valence-corrected chi connectivity index (χ0v) is 14.3. The van der Waals surface area contributed by atoms with E-state index in [4.69, 9.17) is 11.6 Å². The molecule has 0 atom stereocenters. The zero-order valence-electron chi connectivity index (χ0n) is 11.9. The van der Waals surface area contributed by atoms with Crippen LogP contribution in [-0.4, -0.2) is 23.1 Å². The molecule has 22 heavy (non-hydrogen) atoms. The standard InChI is InChI=1S/C14H14ClNO4S2/c1-10-3-6-13(21(2,17)18)9-14(10)16-22(19,20)12-7-4-11(15)5-8-12/h3-9,16H,1-2H3. The first-order valence-electron chi connectivity index (χ1n) is 6.19. The number of anilines is 1. The molecule has 0 aliphatic rings. The molecule has 0 radical (unpaired) electrons. The Morgan fingerprint density at radius 2 is 1.45 bits per heavy atom. The molecule has 0 aliphatic carbocycles. The topological polar surface area (TPSA) is 80.3 Å². The van der Waals surface area contributed by atoms with Crippen LogP contribution in [0.2, 0.25) is 5.02 Å². The highest BCUT2D eigenvalue weighted by atomic mass is 35.5. The molecule has 0 unspecified atom stereocenters. The quantitative estimate of drug-likeness (QED) is 0.910. The number of halogens is 1. The third-order valence-electron chi connectivity index (χ3n) is 3.01. The van der Waals surface area contributed by atoms with Gasteiger partial charge in [0.1, 0.15) is 0 Å². The highest BCUT2D eigenvalue weighted by Gasteiger charge is 2.17. The summed E-state index contributed by atoms with van der Waals surface area (Å²) in [6.07, 6.45) is 1.06. The lowest BCUT2D eigenvalue weighted by atomic mass is 10.2. The smallest absolute Gasteiger partial charge is 0.261 e. The van der Waals surface area contributed by atoms with Crippen LogP contribution < -0.4 is 4.72 Å². The third-order valence-corrected chi connectivity index (χ3v) is 5.75. The van der Waals surface area contributed by atoms with Gasteiger partial charge in [-0.25, -0.2) is 16.8 Å². The largest absolute Gasteiger partial charge is 0.279 e. The van der Waals surface area contributed by atoms with Gasteiger partial charge in [-0.2, -0.15) is 0 Å². The molecule has 0 aromatic heterocycles. The zero-order chi connectivity index (χ0) is 16.5. The van der Waals surface area contributed by atoms with Crippen LogP contribution in [0, 0.1) is 6.92 Å². The second-order valence-corrected chi connectivity index (χ2v) is 8.94. The van der Waals surface area contributed by atoms with Crippen LogP contribution in [0.5, 0.6) is 0 Å². The molecule has 5 nitrogen and oxygen atoms in total. The molecule has 0 bridgehead atoms. The number of sulfonamides is 1. The van der Waals surface area contributed by atoms with E-state index in [0.29, 0.717) is 10.6 Å². The van der Waals surface area contributed by atoms with Crippen molar-refractivity contribution < 1.29 is 16.8 Å². The molecule has 2 rings (SSSR count). The number of rotatable bonds is 4. The first kappa shape index (κ1) is 16.8. The summed E-state index contributed by atoms with van der Waals surface area (Å²) in [7, 11) is -7.24. The molecule has 0 fully saturated rings. The molecular weight excluding hydrogens is 346 g/mol. The van der Waals surface area contributed by atoms with Gasteiger partial charge in [-0.1, -0.05) is 17.7 Å². The van der Waals surface area contributed by atoms with Crippen molar-refractivity contribution in [1.82, 2.24) is 0 Å². The van der Waals surface area contributed by atoms with Gasteiger partial charge in [0.2, 0.25) is 0 Å². The van der Waals surface area contributed by atoms with Gasteiger partial charge in [-0.15, -0.1) is 0 Å². The Morgan fingerprint density at radius 1 is 0.909 bits per heavy atom. The van der Waals surface area contributed by atoms with E-state index in [1.807, 2.05) is 0 Å². The monoisotopic (exact) mass is 359 g/mol. The Hall–Kier alpha value is -1.57. The molecule has 2 aromatic carbocycles. The molecule has 8 heteroatoms. The fraction of sp³-hybridized carbons (Fsp3) is 0.143. The van der Waals surface area contributed by atoms with Gasteiger partial charge in [0.15, 0.2) is 9.84 Å². The van der Waals surface area contributed by atoms with Crippen LogP contribution in [0.3, 0.4) is 0 Å². The number of sulfone groups is 1. The lowest BCUT2D eigenvalue weighted by molar-refractivity contribution is 0.599. The minimum Gasteiger partial charge on any atom is -0.279 e. The van der Waals surface area contributed by atoms with Crippen molar-refractivity contribution in [2.24, 2.45) is 0 Å². The number of hydrogen-bond acceptors (Lipinski definition) is 4. The summed E-state index contributed by atoms with van der Waals surface area (Å²) in [5.41, 5.74) is 0.836. The number of aryl methyl sites for hydroxylation is 1. The van der Waals surface area contributed by atoms with Crippen molar-refractivity contribution in [3.8, 4) is 0 Å². The maximum Gasteiger partial charge on any atom is 0.261 e. The predicted octanol–water partition coefficient (Wildman–Crippen LogP) is 2.85. The lowest BCUT2D eigenvalue weighted by Gasteiger charge is -2.12. The van der Waals surface area contributed by atoms with Gasteiger partial charge in [0.05, 0.1) is 15.5 Å². The van der Waals surface area contributed by atoms with E-state index in [1.54, 1.807) is 13.0 Å². The first-order chi connectivity index (χ1) is 10.1. The van der Waals surface area contributed by atoms with E-state index in [2.05, 4.69) is 4.72 Å². The van der Waals surface area contributed by atoms with Crippen molar-refractivity contribution in [1.29, 1.82) is 0 Å². The normalized spacial score (nSPS) is 12.1. The molecule has 118 valence electrons. The Labute approximate surface area is 134 Å². The molecule has 0 aliphatic heterocycles. The molecule has 0 saturated heterocycles. The van der Waals surface area contributed by atoms with Gasteiger partial charge >= 0.3 is 0 Å². The van der Waals surface area contributed by atoms with Crippen LogP contribution >= 0.6 is 11.6 Å². The summed E-state index contributed by atoms with van der Waals surface area (Å²) in [6.45, 7) is 1.69. The van der Waals surface area contributed by atoms with Gasteiger partial charge in [0.25, 0.3) is 10.0 Å². The van der Waals surface area contributed by atoms with Crippen LogP contribution in [0.15, 0.2) is 52.3 Å². The molecule has 2 aromatic rings. The summed E-state index contributed by atoms with van der Waals surface area (Å²) >= 11 is 5.74. The van der Waals surface area contributed by atoms with E-state index < -0.39 is 19.9 Å². The average Bonchev–Trinajstić information content (AvgIpc) is 2.40. The summed E-state index contributed by atoms with van der Waals surface area (Å²) in [5.74, 6) is 0. The fourth-order valence-electron chi connectivity index (χ4n) is 1.76. The second kappa shape index (κ2) is 5.91. The molecule has 0 saturated carbocycles. The molecule has 0 amide bonds. The highest BCUT2D eigenvalue weighted by Crippen LogP contribution is 2.24. The van der Waals surface area contributed by atoms with Crippen LogP contribution in [0.1, 0.15) is 5.56 Å². The van der Waals surface area contributed by atoms with Crippen molar-refractivity contribution in [2.45, 2.75) is 16.7 Å². The summed E-state index contributed by atoms with van der Waals surface area (Å²) in [5, 5.41) is 0.425. The number of nitrogens with one attached hydrogen (secondary N) is 1.